The van der Waals surface area contributed by atoms with Crippen molar-refractivity contribution in [2.45, 2.75) is 39.3 Å². The van der Waals surface area contributed by atoms with Crippen molar-refractivity contribution in [3.63, 3.8) is 0 Å². The van der Waals surface area contributed by atoms with Gasteiger partial charge in [-0.05, 0) is 5.41 Å². The second kappa shape index (κ2) is 6.56. The standard InChI is InChI=1S/C11H22N2O4/c1-11(2,3)8(12)5-9(14)13-7(6-17-4)10(15)16/h7-8H,5-6,12H2,1-4H3,(H,13,14)(H,15,16). The van der Waals surface area contributed by atoms with Crippen LogP contribution in [0.3, 0.4) is 0 Å². The Morgan fingerprint density at radius 1 is 1.41 bits per heavy atom. The van der Waals surface area contributed by atoms with E-state index in [0.29, 0.717) is 0 Å². The van der Waals surface area contributed by atoms with Crippen molar-refractivity contribution < 1.29 is 19.4 Å². The predicted octanol–water partition coefficient (Wildman–Crippen LogP) is -0.0343. The van der Waals surface area contributed by atoms with Crippen molar-refractivity contribution in [3.8, 4) is 0 Å². The number of carbonyl (C=O) groups is 2. The number of amides is 1. The number of carboxylic acid groups (broad SMARTS) is 1. The summed E-state index contributed by atoms with van der Waals surface area (Å²) in [7, 11) is 1.38. The van der Waals surface area contributed by atoms with Gasteiger partial charge in [0.15, 0.2) is 6.04 Å². The minimum absolute atomic E-state index is 0.0637. The van der Waals surface area contributed by atoms with Gasteiger partial charge in [-0.15, -0.1) is 0 Å². The van der Waals surface area contributed by atoms with Crippen molar-refractivity contribution >= 4 is 11.9 Å². The quantitative estimate of drug-likeness (QED) is 0.610. The van der Waals surface area contributed by atoms with Crippen LogP contribution in [0.4, 0.5) is 0 Å². The maximum Gasteiger partial charge on any atom is 0.328 e. The Morgan fingerprint density at radius 2 is 1.94 bits per heavy atom. The first kappa shape index (κ1) is 15.9. The molecule has 6 nitrogen and oxygen atoms in total. The Kier molecular flexibility index (Phi) is 6.12. The molecular weight excluding hydrogens is 224 g/mol. The molecule has 0 aliphatic heterocycles. The van der Waals surface area contributed by atoms with E-state index < -0.39 is 12.0 Å². The topological polar surface area (TPSA) is 102 Å². The third kappa shape index (κ3) is 6.23. The first-order valence-corrected chi connectivity index (χ1v) is 5.45. The van der Waals surface area contributed by atoms with Gasteiger partial charge in [0.2, 0.25) is 5.91 Å². The second-order valence-corrected chi connectivity index (χ2v) is 5.09. The molecule has 4 N–H and O–H groups in total. The van der Waals surface area contributed by atoms with E-state index in [1.807, 2.05) is 20.8 Å². The summed E-state index contributed by atoms with van der Waals surface area (Å²) in [4.78, 5) is 22.4. The lowest BCUT2D eigenvalue weighted by atomic mass is 9.85. The highest BCUT2D eigenvalue weighted by Gasteiger charge is 2.25. The molecule has 17 heavy (non-hydrogen) atoms. The summed E-state index contributed by atoms with van der Waals surface area (Å²) in [5.74, 6) is -1.50. The predicted molar refractivity (Wildman–Crippen MR) is 63.5 cm³/mol. The summed E-state index contributed by atoms with van der Waals surface area (Å²) in [5, 5.41) is 11.2. The molecule has 100 valence electrons. The van der Waals surface area contributed by atoms with Gasteiger partial charge in [0.05, 0.1) is 6.61 Å². The van der Waals surface area contributed by atoms with Gasteiger partial charge in [0, 0.05) is 19.6 Å². The largest absolute Gasteiger partial charge is 0.480 e. The Morgan fingerprint density at radius 3 is 2.29 bits per heavy atom. The van der Waals surface area contributed by atoms with Crippen LogP contribution < -0.4 is 11.1 Å². The Labute approximate surface area is 102 Å². The highest BCUT2D eigenvalue weighted by molar-refractivity contribution is 5.83. The zero-order valence-electron chi connectivity index (χ0n) is 10.8. The number of aliphatic carboxylic acids is 1. The van der Waals surface area contributed by atoms with E-state index in [4.69, 9.17) is 15.6 Å². The molecule has 0 aliphatic rings. The molecule has 0 heterocycles. The van der Waals surface area contributed by atoms with Gasteiger partial charge in [0.1, 0.15) is 0 Å². The first-order chi connectivity index (χ1) is 7.68. The number of nitrogens with one attached hydrogen (secondary N) is 1. The molecule has 6 heteroatoms. The smallest absolute Gasteiger partial charge is 0.328 e. The molecular formula is C11H22N2O4. The molecule has 0 saturated heterocycles. The number of rotatable bonds is 6. The summed E-state index contributed by atoms with van der Waals surface area (Å²) in [6.07, 6.45) is 0.0942. The summed E-state index contributed by atoms with van der Waals surface area (Å²) in [6, 6.07) is -1.35. The molecule has 0 aromatic heterocycles. The SMILES string of the molecule is COCC(NC(=O)CC(N)C(C)(C)C)C(=O)O. The van der Waals surface area contributed by atoms with Crippen LogP contribution in [0.25, 0.3) is 0 Å². The van der Waals surface area contributed by atoms with Crippen molar-refractivity contribution in [1.82, 2.24) is 5.32 Å². The van der Waals surface area contributed by atoms with Crippen molar-refractivity contribution in [3.05, 3.63) is 0 Å². The fraction of sp³-hybridized carbons (Fsp3) is 0.818. The average Bonchev–Trinajstić information content (AvgIpc) is 2.15. The number of ether oxygens (including phenoxy) is 1. The molecule has 0 aromatic rings. The number of hydrogen-bond acceptors (Lipinski definition) is 4. The zero-order chi connectivity index (χ0) is 13.6. The van der Waals surface area contributed by atoms with Crippen LogP contribution in [-0.2, 0) is 14.3 Å². The van der Waals surface area contributed by atoms with Gasteiger partial charge in [-0.2, -0.15) is 0 Å². The van der Waals surface area contributed by atoms with Crippen LogP contribution in [0.1, 0.15) is 27.2 Å². The molecule has 0 aromatic carbocycles. The van der Waals surface area contributed by atoms with Crippen LogP contribution in [0, 0.1) is 5.41 Å². The second-order valence-electron chi connectivity index (χ2n) is 5.09. The van der Waals surface area contributed by atoms with Gasteiger partial charge in [-0.3, -0.25) is 4.79 Å². The van der Waals surface area contributed by atoms with Gasteiger partial charge in [-0.25, -0.2) is 4.79 Å². The van der Waals surface area contributed by atoms with E-state index in [9.17, 15) is 9.59 Å². The summed E-state index contributed by atoms with van der Waals surface area (Å²) in [6.45, 7) is 5.71. The molecule has 0 bridgehead atoms. The lowest BCUT2D eigenvalue weighted by molar-refractivity contribution is -0.143. The summed E-state index contributed by atoms with van der Waals surface area (Å²) < 4.78 is 4.71. The van der Waals surface area contributed by atoms with Gasteiger partial charge in [-0.1, -0.05) is 20.8 Å². The highest BCUT2D eigenvalue weighted by atomic mass is 16.5. The number of carbonyl (C=O) groups excluding carboxylic acids is 1. The van der Waals surface area contributed by atoms with Crippen LogP contribution in [-0.4, -0.2) is 42.8 Å². The fourth-order valence-electron chi connectivity index (χ4n) is 1.10. The minimum atomic E-state index is -1.12. The van der Waals surface area contributed by atoms with Crippen LogP contribution in [0.15, 0.2) is 0 Å². The summed E-state index contributed by atoms with van der Waals surface area (Å²) >= 11 is 0. The van der Waals surface area contributed by atoms with E-state index in [1.165, 1.54) is 7.11 Å². The molecule has 0 aliphatic carbocycles. The Balaban J connectivity index is 4.29. The van der Waals surface area contributed by atoms with Crippen LogP contribution in [0.5, 0.6) is 0 Å². The van der Waals surface area contributed by atoms with E-state index >= 15 is 0 Å². The summed E-state index contributed by atoms with van der Waals surface area (Å²) in [5.41, 5.74) is 5.64. The van der Waals surface area contributed by atoms with E-state index in [-0.39, 0.29) is 30.4 Å². The average molecular weight is 246 g/mol. The van der Waals surface area contributed by atoms with Crippen molar-refractivity contribution in [1.29, 1.82) is 0 Å². The Bertz CT molecular complexity index is 273. The van der Waals surface area contributed by atoms with Gasteiger partial charge < -0.3 is 20.9 Å². The number of nitrogens with two attached hydrogens (primary N) is 1. The molecule has 0 spiro atoms. The normalized spacial score (nSPS) is 15.1. The van der Waals surface area contributed by atoms with Crippen LogP contribution >= 0.6 is 0 Å². The fourth-order valence-corrected chi connectivity index (χ4v) is 1.10. The Hall–Kier alpha value is -1.14. The third-order valence-electron chi connectivity index (χ3n) is 2.48. The molecule has 0 rings (SSSR count). The third-order valence-corrected chi connectivity index (χ3v) is 2.48. The molecule has 2 unspecified atom stereocenters. The number of methoxy groups -OCH3 is 1. The number of carboxylic acids is 1. The van der Waals surface area contributed by atoms with E-state index in [1.54, 1.807) is 0 Å². The lowest BCUT2D eigenvalue weighted by Crippen LogP contribution is -2.47. The van der Waals surface area contributed by atoms with E-state index in [0.717, 1.165) is 0 Å². The highest BCUT2D eigenvalue weighted by Crippen LogP contribution is 2.19. The lowest BCUT2D eigenvalue weighted by Gasteiger charge is -2.26. The molecule has 0 radical (unpaired) electrons. The molecule has 0 fully saturated rings. The minimum Gasteiger partial charge on any atom is -0.480 e. The van der Waals surface area contributed by atoms with Crippen molar-refractivity contribution in [2.75, 3.05) is 13.7 Å². The molecule has 0 saturated carbocycles. The maximum atomic E-state index is 11.6. The van der Waals surface area contributed by atoms with E-state index in [2.05, 4.69) is 5.32 Å². The molecule has 1 amide bonds. The molecule has 2 atom stereocenters. The van der Waals surface area contributed by atoms with Gasteiger partial charge >= 0.3 is 5.97 Å². The first-order valence-electron chi connectivity index (χ1n) is 5.45. The number of hydrogen-bond donors (Lipinski definition) is 3. The maximum absolute atomic E-state index is 11.6. The zero-order valence-corrected chi connectivity index (χ0v) is 10.8. The van der Waals surface area contributed by atoms with Gasteiger partial charge in [0.25, 0.3) is 0 Å². The van der Waals surface area contributed by atoms with Crippen LogP contribution in [0.2, 0.25) is 0 Å². The monoisotopic (exact) mass is 246 g/mol. The van der Waals surface area contributed by atoms with Crippen molar-refractivity contribution in [2.24, 2.45) is 11.1 Å².